The zero-order valence-corrected chi connectivity index (χ0v) is 15.2. The van der Waals surface area contributed by atoms with Crippen molar-refractivity contribution in [1.29, 1.82) is 0 Å². The monoisotopic (exact) mass is 351 g/mol. The van der Waals surface area contributed by atoms with E-state index in [1.807, 2.05) is 48.2 Å². The number of fused-ring (bicyclic) bond motifs is 1. The molecule has 0 saturated heterocycles. The normalized spacial score (nSPS) is 17.3. The summed E-state index contributed by atoms with van der Waals surface area (Å²) < 4.78 is 11.5. The molecule has 1 heterocycles. The minimum atomic E-state index is -0.358. The van der Waals surface area contributed by atoms with Gasteiger partial charge in [-0.3, -0.25) is 4.79 Å². The Hall–Kier alpha value is -2.49. The second-order valence-corrected chi connectivity index (χ2v) is 7.06. The highest BCUT2D eigenvalue weighted by molar-refractivity contribution is 5.89. The van der Waals surface area contributed by atoms with Crippen LogP contribution in [-0.2, 0) is 16.8 Å². The third kappa shape index (κ3) is 2.83. The van der Waals surface area contributed by atoms with Crippen LogP contribution < -0.4 is 9.47 Å². The van der Waals surface area contributed by atoms with Crippen LogP contribution in [0.25, 0.3) is 0 Å². The molecule has 4 heteroatoms. The van der Waals surface area contributed by atoms with Crippen LogP contribution in [0.1, 0.15) is 37.3 Å². The van der Waals surface area contributed by atoms with Crippen LogP contribution in [0.5, 0.6) is 11.5 Å². The lowest BCUT2D eigenvalue weighted by atomic mass is 9.63. The number of ether oxygens (including phenoxy) is 2. The first-order valence-electron chi connectivity index (χ1n) is 9.47. The summed E-state index contributed by atoms with van der Waals surface area (Å²) in [5.41, 5.74) is 1.80. The van der Waals surface area contributed by atoms with E-state index in [-0.39, 0.29) is 11.3 Å². The van der Waals surface area contributed by atoms with Gasteiger partial charge in [0.05, 0.1) is 5.41 Å². The number of para-hydroxylation sites is 1. The van der Waals surface area contributed by atoms with Crippen LogP contribution in [0.3, 0.4) is 0 Å². The van der Waals surface area contributed by atoms with E-state index in [1.54, 1.807) is 0 Å². The van der Waals surface area contributed by atoms with E-state index >= 15 is 0 Å². The maximum Gasteiger partial charge on any atom is 0.233 e. The molecule has 0 unspecified atom stereocenters. The molecule has 0 spiro atoms. The number of rotatable bonds is 5. The van der Waals surface area contributed by atoms with Crippen molar-refractivity contribution in [2.75, 3.05) is 19.8 Å². The van der Waals surface area contributed by atoms with E-state index < -0.39 is 0 Å². The number of amides is 1. The summed E-state index contributed by atoms with van der Waals surface area (Å²) >= 11 is 0. The van der Waals surface area contributed by atoms with Gasteiger partial charge in [-0.1, -0.05) is 48.9 Å². The predicted octanol–water partition coefficient (Wildman–Crippen LogP) is 3.93. The lowest BCUT2D eigenvalue weighted by Gasteiger charge is -2.44. The second kappa shape index (κ2) is 7.02. The fourth-order valence-electron chi connectivity index (χ4n) is 4.01. The molecular formula is C22H25NO3. The van der Waals surface area contributed by atoms with Gasteiger partial charge in [0, 0.05) is 18.7 Å². The van der Waals surface area contributed by atoms with Crippen LogP contribution >= 0.6 is 0 Å². The molecule has 1 aliphatic carbocycles. The van der Waals surface area contributed by atoms with Crippen LogP contribution in [-0.4, -0.2) is 30.6 Å². The molecule has 0 radical (unpaired) electrons. The molecule has 0 N–H and O–H groups in total. The van der Waals surface area contributed by atoms with Gasteiger partial charge in [0.1, 0.15) is 13.2 Å². The molecule has 0 aromatic heterocycles. The summed E-state index contributed by atoms with van der Waals surface area (Å²) in [6, 6.07) is 16.2. The molecule has 1 fully saturated rings. The molecule has 1 aliphatic heterocycles. The molecule has 0 atom stereocenters. The molecule has 136 valence electrons. The number of nitrogens with zero attached hydrogens (tertiary/aromatic N) is 1. The number of carbonyl (C=O) groups excluding carboxylic acids is 1. The number of hydrogen-bond acceptors (Lipinski definition) is 3. The van der Waals surface area contributed by atoms with Crippen molar-refractivity contribution in [3.8, 4) is 11.5 Å². The summed E-state index contributed by atoms with van der Waals surface area (Å²) in [7, 11) is 0. The van der Waals surface area contributed by atoms with Gasteiger partial charge in [0.15, 0.2) is 11.5 Å². The SMILES string of the molecule is CCN(Cc1cccc2c1OCCO2)C(=O)C1(c2ccccc2)CCC1. The Morgan fingerprint density at radius 1 is 1.04 bits per heavy atom. The molecule has 1 amide bonds. The molecule has 1 saturated carbocycles. The quantitative estimate of drug-likeness (QED) is 0.819. The van der Waals surface area contributed by atoms with Crippen LogP contribution in [0.2, 0.25) is 0 Å². The van der Waals surface area contributed by atoms with E-state index in [1.165, 1.54) is 0 Å². The Morgan fingerprint density at radius 3 is 2.50 bits per heavy atom. The molecule has 0 bridgehead atoms. The van der Waals surface area contributed by atoms with E-state index in [2.05, 4.69) is 12.1 Å². The van der Waals surface area contributed by atoms with Gasteiger partial charge in [-0.25, -0.2) is 0 Å². The third-order valence-electron chi connectivity index (χ3n) is 5.62. The van der Waals surface area contributed by atoms with Gasteiger partial charge >= 0.3 is 0 Å². The van der Waals surface area contributed by atoms with Crippen LogP contribution in [0.4, 0.5) is 0 Å². The second-order valence-electron chi connectivity index (χ2n) is 7.06. The highest BCUT2D eigenvalue weighted by Crippen LogP contribution is 2.45. The summed E-state index contributed by atoms with van der Waals surface area (Å²) in [6.45, 7) is 4.40. The van der Waals surface area contributed by atoms with Crippen molar-refractivity contribution < 1.29 is 14.3 Å². The van der Waals surface area contributed by atoms with Crippen molar-refractivity contribution in [1.82, 2.24) is 4.90 Å². The topological polar surface area (TPSA) is 38.8 Å². The van der Waals surface area contributed by atoms with Gasteiger partial charge in [-0.2, -0.15) is 0 Å². The summed E-state index contributed by atoms with van der Waals surface area (Å²) in [6.07, 6.45) is 2.97. The third-order valence-corrected chi connectivity index (χ3v) is 5.62. The predicted molar refractivity (Wildman–Crippen MR) is 100 cm³/mol. The maximum atomic E-state index is 13.5. The number of carbonyl (C=O) groups is 1. The molecule has 4 rings (SSSR count). The Balaban J connectivity index is 1.61. The largest absolute Gasteiger partial charge is 0.486 e. The van der Waals surface area contributed by atoms with E-state index in [0.29, 0.717) is 26.3 Å². The van der Waals surface area contributed by atoms with Crippen molar-refractivity contribution in [3.63, 3.8) is 0 Å². The Morgan fingerprint density at radius 2 is 1.81 bits per heavy atom. The molecule has 4 nitrogen and oxygen atoms in total. The molecule has 2 aromatic rings. The molecular weight excluding hydrogens is 326 g/mol. The zero-order chi connectivity index (χ0) is 18.0. The number of benzene rings is 2. The highest BCUT2D eigenvalue weighted by atomic mass is 16.6. The fourth-order valence-corrected chi connectivity index (χ4v) is 4.01. The summed E-state index contributed by atoms with van der Waals surface area (Å²) in [5, 5.41) is 0. The van der Waals surface area contributed by atoms with Gasteiger partial charge in [0.2, 0.25) is 5.91 Å². The minimum absolute atomic E-state index is 0.229. The van der Waals surface area contributed by atoms with Crippen molar-refractivity contribution in [2.45, 2.75) is 38.1 Å². The average molecular weight is 351 g/mol. The molecule has 2 aromatic carbocycles. The van der Waals surface area contributed by atoms with Gasteiger partial charge in [0.25, 0.3) is 0 Å². The van der Waals surface area contributed by atoms with Crippen molar-refractivity contribution in [3.05, 3.63) is 59.7 Å². The van der Waals surface area contributed by atoms with E-state index in [9.17, 15) is 4.79 Å². The van der Waals surface area contributed by atoms with Gasteiger partial charge in [-0.15, -0.1) is 0 Å². The smallest absolute Gasteiger partial charge is 0.233 e. The Kier molecular flexibility index (Phi) is 4.58. The van der Waals surface area contributed by atoms with E-state index in [0.717, 1.165) is 41.9 Å². The molecule has 26 heavy (non-hydrogen) atoms. The Bertz CT molecular complexity index is 783. The molecule has 2 aliphatic rings. The number of likely N-dealkylation sites (N-methyl/N-ethyl adjacent to an activating group) is 1. The summed E-state index contributed by atoms with van der Waals surface area (Å²) in [4.78, 5) is 15.5. The van der Waals surface area contributed by atoms with Gasteiger partial charge < -0.3 is 14.4 Å². The maximum absolute atomic E-state index is 13.5. The number of hydrogen-bond donors (Lipinski definition) is 0. The fraction of sp³-hybridized carbons (Fsp3) is 0.409. The van der Waals surface area contributed by atoms with Crippen LogP contribution in [0, 0.1) is 0 Å². The van der Waals surface area contributed by atoms with E-state index in [4.69, 9.17) is 9.47 Å². The summed E-state index contributed by atoms with van der Waals surface area (Å²) in [5.74, 6) is 1.79. The lowest BCUT2D eigenvalue weighted by Crippen LogP contribution is -2.50. The van der Waals surface area contributed by atoms with Crippen LogP contribution in [0.15, 0.2) is 48.5 Å². The lowest BCUT2D eigenvalue weighted by molar-refractivity contribution is -0.141. The standard InChI is InChI=1S/C22H25NO3/c1-2-23(16-17-8-6-11-19-20(17)26-15-14-25-19)21(24)22(12-7-13-22)18-9-4-3-5-10-18/h3-6,8-11H,2,7,12-16H2,1H3. The Labute approximate surface area is 154 Å². The van der Waals surface area contributed by atoms with Gasteiger partial charge in [-0.05, 0) is 31.4 Å². The first kappa shape index (κ1) is 17.0. The minimum Gasteiger partial charge on any atom is -0.486 e. The first-order chi connectivity index (χ1) is 12.7. The highest BCUT2D eigenvalue weighted by Gasteiger charge is 2.47. The first-order valence-corrected chi connectivity index (χ1v) is 9.47. The van der Waals surface area contributed by atoms with Crippen molar-refractivity contribution >= 4 is 5.91 Å². The average Bonchev–Trinajstić information content (AvgIpc) is 2.66. The van der Waals surface area contributed by atoms with Crippen molar-refractivity contribution in [2.24, 2.45) is 0 Å². The zero-order valence-electron chi connectivity index (χ0n) is 15.2.